The summed E-state index contributed by atoms with van der Waals surface area (Å²) in [6.45, 7) is 2.10. The van der Waals surface area contributed by atoms with Crippen LogP contribution in [-0.2, 0) is 0 Å². The van der Waals surface area contributed by atoms with E-state index in [1.165, 1.54) is 12.8 Å². The molecular formula is C22H24N8. The minimum absolute atomic E-state index is 0.462. The first-order chi connectivity index (χ1) is 14.8. The Kier molecular flexibility index (Phi) is 4.23. The molecule has 0 radical (unpaired) electrons. The van der Waals surface area contributed by atoms with Crippen LogP contribution < -0.4 is 10.6 Å². The van der Waals surface area contributed by atoms with Gasteiger partial charge in [-0.1, -0.05) is 6.07 Å². The maximum Gasteiger partial charge on any atom is 0.154 e. The van der Waals surface area contributed by atoms with Gasteiger partial charge >= 0.3 is 0 Å². The van der Waals surface area contributed by atoms with Gasteiger partial charge in [0.1, 0.15) is 11.5 Å². The van der Waals surface area contributed by atoms with Crippen molar-refractivity contribution in [2.45, 2.75) is 37.8 Å². The lowest BCUT2D eigenvalue weighted by molar-refractivity contribution is 0.478. The summed E-state index contributed by atoms with van der Waals surface area (Å²) in [7, 11) is 0. The molecule has 30 heavy (non-hydrogen) atoms. The minimum Gasteiger partial charge on any atom is -0.367 e. The van der Waals surface area contributed by atoms with Crippen molar-refractivity contribution in [2.24, 2.45) is 0 Å². The Morgan fingerprint density at radius 3 is 2.73 bits per heavy atom. The fraction of sp³-hybridized carbons (Fsp3) is 0.364. The molecule has 1 aliphatic carbocycles. The van der Waals surface area contributed by atoms with Crippen molar-refractivity contribution in [2.75, 3.05) is 18.4 Å². The third kappa shape index (κ3) is 3.33. The van der Waals surface area contributed by atoms with Crippen LogP contribution in [0, 0.1) is 0 Å². The molecule has 0 unspecified atom stereocenters. The average Bonchev–Trinajstić information content (AvgIpc) is 3.36. The number of nitrogens with one attached hydrogen (secondary N) is 2. The maximum atomic E-state index is 4.85. The van der Waals surface area contributed by atoms with E-state index in [1.54, 1.807) is 0 Å². The van der Waals surface area contributed by atoms with Gasteiger partial charge in [-0.25, -0.2) is 14.5 Å². The Morgan fingerprint density at radius 1 is 0.967 bits per heavy atom. The molecular weight excluding hydrogens is 376 g/mol. The predicted octanol–water partition coefficient (Wildman–Crippen LogP) is 3.15. The van der Waals surface area contributed by atoms with E-state index in [1.807, 2.05) is 51.9 Å². The number of rotatable bonds is 5. The molecule has 1 saturated carbocycles. The van der Waals surface area contributed by atoms with Gasteiger partial charge in [-0.05, 0) is 63.0 Å². The number of imidazole rings is 1. The highest BCUT2D eigenvalue weighted by Crippen LogP contribution is 2.35. The molecule has 2 fully saturated rings. The van der Waals surface area contributed by atoms with Gasteiger partial charge in [-0.3, -0.25) is 4.68 Å². The van der Waals surface area contributed by atoms with E-state index in [0.29, 0.717) is 12.1 Å². The fourth-order valence-corrected chi connectivity index (χ4v) is 4.04. The van der Waals surface area contributed by atoms with Crippen molar-refractivity contribution in [1.82, 2.24) is 34.7 Å². The third-order valence-corrected chi connectivity index (χ3v) is 5.88. The summed E-state index contributed by atoms with van der Waals surface area (Å²) in [5, 5.41) is 16.3. The number of pyridine rings is 1. The lowest BCUT2D eigenvalue weighted by Gasteiger charge is -2.24. The van der Waals surface area contributed by atoms with Crippen molar-refractivity contribution < 1.29 is 0 Å². The van der Waals surface area contributed by atoms with E-state index in [2.05, 4.69) is 26.9 Å². The Bertz CT molecular complexity index is 1180. The molecule has 0 spiro atoms. The highest BCUT2D eigenvalue weighted by Gasteiger charge is 2.24. The minimum atomic E-state index is 0.462. The first-order valence-corrected chi connectivity index (χ1v) is 10.7. The predicted molar refractivity (Wildman–Crippen MR) is 115 cm³/mol. The zero-order valence-electron chi connectivity index (χ0n) is 16.7. The SMILES string of the molecule is c1cc(NC2CCNCC2)nc(-c2cnc3ccc(-c4cnn(C5CC5)c4)nn23)c1. The van der Waals surface area contributed by atoms with Crippen LogP contribution in [0.25, 0.3) is 28.3 Å². The van der Waals surface area contributed by atoms with Gasteiger partial charge in [0.2, 0.25) is 0 Å². The lowest BCUT2D eigenvalue weighted by atomic mass is 10.1. The van der Waals surface area contributed by atoms with E-state index < -0.39 is 0 Å². The van der Waals surface area contributed by atoms with Gasteiger partial charge in [0, 0.05) is 17.8 Å². The molecule has 8 nitrogen and oxygen atoms in total. The zero-order chi connectivity index (χ0) is 19.9. The normalized spacial score (nSPS) is 17.5. The van der Waals surface area contributed by atoms with Gasteiger partial charge in [-0.2, -0.15) is 10.2 Å². The van der Waals surface area contributed by atoms with Crippen LogP contribution in [-0.4, -0.2) is 48.5 Å². The van der Waals surface area contributed by atoms with Gasteiger partial charge in [0.25, 0.3) is 0 Å². The summed E-state index contributed by atoms with van der Waals surface area (Å²) < 4.78 is 3.92. The number of hydrogen-bond donors (Lipinski definition) is 2. The molecule has 0 aromatic carbocycles. The lowest BCUT2D eigenvalue weighted by Crippen LogP contribution is -2.35. The summed E-state index contributed by atoms with van der Waals surface area (Å²) in [4.78, 5) is 9.38. The molecule has 1 aliphatic heterocycles. The number of piperidine rings is 1. The molecule has 8 heteroatoms. The number of hydrogen-bond acceptors (Lipinski definition) is 6. The van der Waals surface area contributed by atoms with Gasteiger partial charge < -0.3 is 10.6 Å². The monoisotopic (exact) mass is 400 g/mol. The van der Waals surface area contributed by atoms with Crippen LogP contribution in [0.5, 0.6) is 0 Å². The average molecular weight is 400 g/mol. The van der Waals surface area contributed by atoms with E-state index in [4.69, 9.17) is 10.1 Å². The van der Waals surface area contributed by atoms with Crippen LogP contribution in [0.3, 0.4) is 0 Å². The smallest absolute Gasteiger partial charge is 0.154 e. The van der Waals surface area contributed by atoms with Crippen LogP contribution in [0.15, 0.2) is 48.9 Å². The standard InChI is InChI=1S/C22H24N8/c1-2-19(27-21(3-1)26-16-8-10-23-11-9-16)20-13-24-22-7-6-18(28-30(20)22)15-12-25-29(14-15)17-4-5-17/h1-3,6-7,12-14,16-17,23H,4-5,8-11H2,(H,26,27). The third-order valence-electron chi connectivity index (χ3n) is 5.88. The van der Waals surface area contributed by atoms with Crippen LogP contribution in [0.2, 0.25) is 0 Å². The summed E-state index contributed by atoms with van der Waals surface area (Å²) in [5.41, 5.74) is 4.47. The Morgan fingerprint density at radius 2 is 1.87 bits per heavy atom. The maximum absolute atomic E-state index is 4.85. The second-order valence-corrected chi connectivity index (χ2v) is 8.15. The van der Waals surface area contributed by atoms with Gasteiger partial charge in [-0.15, -0.1) is 0 Å². The molecule has 152 valence electrons. The first-order valence-electron chi connectivity index (χ1n) is 10.7. The summed E-state index contributed by atoms with van der Waals surface area (Å²) in [6, 6.07) is 11.1. The van der Waals surface area contributed by atoms with Crippen molar-refractivity contribution >= 4 is 11.5 Å². The summed E-state index contributed by atoms with van der Waals surface area (Å²) in [5.74, 6) is 0.899. The molecule has 0 bridgehead atoms. The molecule has 0 atom stereocenters. The van der Waals surface area contributed by atoms with E-state index in [-0.39, 0.29) is 0 Å². The molecule has 1 saturated heterocycles. The number of nitrogens with zero attached hydrogens (tertiary/aromatic N) is 6. The Hall–Kier alpha value is -3.26. The van der Waals surface area contributed by atoms with Gasteiger partial charge in [0.05, 0.1) is 29.8 Å². The molecule has 6 rings (SSSR count). The Balaban J connectivity index is 1.32. The highest BCUT2D eigenvalue weighted by atomic mass is 15.3. The fourth-order valence-electron chi connectivity index (χ4n) is 4.04. The van der Waals surface area contributed by atoms with Crippen molar-refractivity contribution in [3.05, 3.63) is 48.9 Å². The largest absolute Gasteiger partial charge is 0.367 e. The second kappa shape index (κ2) is 7.21. The van der Waals surface area contributed by atoms with Crippen molar-refractivity contribution in [3.63, 3.8) is 0 Å². The zero-order valence-corrected chi connectivity index (χ0v) is 16.7. The van der Waals surface area contributed by atoms with Crippen LogP contribution in [0.1, 0.15) is 31.7 Å². The molecule has 0 amide bonds. The van der Waals surface area contributed by atoms with Crippen molar-refractivity contribution in [1.29, 1.82) is 0 Å². The molecule has 5 heterocycles. The molecule has 4 aromatic rings. The van der Waals surface area contributed by atoms with Crippen LogP contribution in [0.4, 0.5) is 5.82 Å². The number of aromatic nitrogens is 6. The number of anilines is 1. The summed E-state index contributed by atoms with van der Waals surface area (Å²) >= 11 is 0. The number of fused-ring (bicyclic) bond motifs is 1. The summed E-state index contributed by atoms with van der Waals surface area (Å²) in [6.07, 6.45) is 10.5. The highest BCUT2D eigenvalue weighted by molar-refractivity contribution is 5.64. The first kappa shape index (κ1) is 17.6. The van der Waals surface area contributed by atoms with E-state index >= 15 is 0 Å². The molecule has 2 N–H and O–H groups in total. The van der Waals surface area contributed by atoms with E-state index in [9.17, 15) is 0 Å². The van der Waals surface area contributed by atoms with Crippen molar-refractivity contribution in [3.8, 4) is 22.6 Å². The quantitative estimate of drug-likeness (QED) is 0.535. The van der Waals surface area contributed by atoms with Gasteiger partial charge in [0.15, 0.2) is 5.65 Å². The Labute approximate surface area is 174 Å². The van der Waals surface area contributed by atoms with Crippen LogP contribution >= 0.6 is 0 Å². The second-order valence-electron chi connectivity index (χ2n) is 8.15. The molecule has 4 aromatic heterocycles. The topological polar surface area (TPSA) is 85.0 Å². The van der Waals surface area contributed by atoms with E-state index in [0.717, 1.165) is 60.0 Å². The molecule has 2 aliphatic rings.